The minimum absolute atomic E-state index is 0.0637. The zero-order valence-electron chi connectivity index (χ0n) is 13.3. The van der Waals surface area contributed by atoms with E-state index in [1.54, 1.807) is 0 Å². The van der Waals surface area contributed by atoms with E-state index in [9.17, 15) is 0 Å². The number of ether oxygens (including phenoxy) is 2. The normalized spacial score (nSPS) is 21.0. The summed E-state index contributed by atoms with van der Waals surface area (Å²) in [6.07, 6.45) is 5.84. The molecular weight excluding hydrogens is 262 g/mol. The Balaban J connectivity index is 1.99. The molecule has 1 aromatic carbocycles. The molecule has 2 aliphatic rings. The molecule has 1 aliphatic carbocycles. The van der Waals surface area contributed by atoms with Crippen molar-refractivity contribution in [2.75, 3.05) is 19.8 Å². The summed E-state index contributed by atoms with van der Waals surface area (Å²) in [7, 11) is 0. The number of rotatable bonds is 6. The maximum absolute atomic E-state index is 6.30. The van der Waals surface area contributed by atoms with Crippen molar-refractivity contribution in [3.05, 3.63) is 29.3 Å². The highest BCUT2D eigenvalue weighted by Gasteiger charge is 2.44. The molecule has 3 nitrogen and oxygen atoms in total. The molecule has 0 radical (unpaired) electrons. The summed E-state index contributed by atoms with van der Waals surface area (Å²) in [5.74, 6) is 1.11. The van der Waals surface area contributed by atoms with Gasteiger partial charge in [0.05, 0.1) is 18.2 Å². The first-order chi connectivity index (χ1) is 10.3. The predicted octanol–water partition coefficient (Wildman–Crippen LogP) is 3.62. The van der Waals surface area contributed by atoms with Crippen molar-refractivity contribution in [2.24, 2.45) is 0 Å². The van der Waals surface area contributed by atoms with E-state index in [0.717, 1.165) is 44.8 Å². The van der Waals surface area contributed by atoms with Gasteiger partial charge < -0.3 is 14.8 Å². The van der Waals surface area contributed by atoms with Gasteiger partial charge in [0.2, 0.25) is 0 Å². The van der Waals surface area contributed by atoms with Crippen LogP contribution in [0.15, 0.2) is 18.2 Å². The summed E-state index contributed by atoms with van der Waals surface area (Å²) < 4.78 is 12.2. The Morgan fingerprint density at radius 3 is 2.81 bits per heavy atom. The van der Waals surface area contributed by atoms with Crippen LogP contribution in [0.2, 0.25) is 0 Å². The van der Waals surface area contributed by atoms with Gasteiger partial charge in [0.1, 0.15) is 5.75 Å². The zero-order chi connectivity index (χ0) is 14.7. The van der Waals surface area contributed by atoms with Crippen molar-refractivity contribution >= 4 is 0 Å². The number of likely N-dealkylation sites (N-methyl/N-ethyl adjacent to an activating group) is 1. The molecule has 1 aliphatic heterocycles. The van der Waals surface area contributed by atoms with Crippen LogP contribution in [0.1, 0.15) is 56.7 Å². The third-order valence-corrected chi connectivity index (χ3v) is 4.87. The Kier molecular flexibility index (Phi) is 4.51. The number of hydrogen-bond acceptors (Lipinski definition) is 3. The maximum Gasteiger partial charge on any atom is 0.127 e. The molecule has 1 atom stereocenters. The van der Waals surface area contributed by atoms with E-state index in [1.165, 1.54) is 24.0 Å². The highest BCUT2D eigenvalue weighted by atomic mass is 16.5. The van der Waals surface area contributed by atoms with Gasteiger partial charge in [0.15, 0.2) is 0 Å². The highest BCUT2D eigenvalue weighted by molar-refractivity contribution is 5.46. The Bertz CT molecular complexity index is 480. The number of hydrogen-bond donors (Lipinski definition) is 1. The van der Waals surface area contributed by atoms with Crippen molar-refractivity contribution in [2.45, 2.75) is 57.6 Å². The van der Waals surface area contributed by atoms with Gasteiger partial charge in [-0.25, -0.2) is 0 Å². The van der Waals surface area contributed by atoms with E-state index in [4.69, 9.17) is 9.47 Å². The lowest BCUT2D eigenvalue weighted by Gasteiger charge is -2.38. The van der Waals surface area contributed by atoms with Crippen LogP contribution in [0, 0.1) is 0 Å². The molecule has 0 bridgehead atoms. The van der Waals surface area contributed by atoms with Crippen molar-refractivity contribution in [3.8, 4) is 5.75 Å². The van der Waals surface area contributed by atoms with E-state index < -0.39 is 0 Å². The van der Waals surface area contributed by atoms with Crippen LogP contribution < -0.4 is 10.1 Å². The zero-order valence-corrected chi connectivity index (χ0v) is 13.3. The molecule has 3 rings (SSSR count). The molecule has 1 aromatic rings. The van der Waals surface area contributed by atoms with Crippen molar-refractivity contribution in [1.29, 1.82) is 0 Å². The lowest BCUT2D eigenvalue weighted by molar-refractivity contribution is -0.0627. The quantitative estimate of drug-likeness (QED) is 0.867. The van der Waals surface area contributed by atoms with E-state index >= 15 is 0 Å². The predicted molar refractivity (Wildman–Crippen MR) is 84.9 cm³/mol. The summed E-state index contributed by atoms with van der Waals surface area (Å²) in [6.45, 7) is 6.81. The molecular formula is C18H27NO2. The fourth-order valence-electron chi connectivity index (χ4n) is 4.03. The molecule has 1 heterocycles. The molecule has 21 heavy (non-hydrogen) atoms. The minimum Gasteiger partial charge on any atom is -0.493 e. The van der Waals surface area contributed by atoms with E-state index in [0.29, 0.717) is 0 Å². The van der Waals surface area contributed by atoms with Crippen LogP contribution in [0.4, 0.5) is 0 Å². The van der Waals surface area contributed by atoms with E-state index in [2.05, 4.69) is 37.4 Å². The second kappa shape index (κ2) is 6.37. The van der Waals surface area contributed by atoms with Gasteiger partial charge in [-0.1, -0.05) is 38.0 Å². The smallest absolute Gasteiger partial charge is 0.127 e. The highest BCUT2D eigenvalue weighted by Crippen LogP contribution is 2.46. The standard InChI is InChI=1S/C18H27NO2/c1-3-19-17(18(21-4-2)11-5-6-12-18)15-9-7-8-14-10-13-20-16(14)15/h7-9,17,19H,3-6,10-13H2,1-2H3. The first-order valence-corrected chi connectivity index (χ1v) is 8.42. The summed E-state index contributed by atoms with van der Waals surface area (Å²) in [5.41, 5.74) is 2.58. The van der Waals surface area contributed by atoms with Crippen molar-refractivity contribution in [1.82, 2.24) is 5.32 Å². The van der Waals surface area contributed by atoms with Crippen molar-refractivity contribution in [3.63, 3.8) is 0 Å². The van der Waals surface area contributed by atoms with Gasteiger partial charge >= 0.3 is 0 Å². The lowest BCUT2D eigenvalue weighted by Crippen LogP contribution is -2.44. The second-order valence-corrected chi connectivity index (χ2v) is 6.13. The maximum atomic E-state index is 6.30. The summed E-state index contributed by atoms with van der Waals surface area (Å²) in [4.78, 5) is 0. The van der Waals surface area contributed by atoms with Gasteiger partial charge in [-0.2, -0.15) is 0 Å². The Morgan fingerprint density at radius 1 is 1.29 bits per heavy atom. The van der Waals surface area contributed by atoms with Crippen LogP contribution in [-0.2, 0) is 11.2 Å². The van der Waals surface area contributed by atoms with Crippen molar-refractivity contribution < 1.29 is 9.47 Å². The van der Waals surface area contributed by atoms with E-state index in [1.807, 2.05) is 0 Å². The number of nitrogens with one attached hydrogen (secondary N) is 1. The Labute approximate surface area is 128 Å². The molecule has 116 valence electrons. The lowest BCUT2D eigenvalue weighted by atomic mass is 9.85. The summed E-state index contributed by atoms with van der Waals surface area (Å²) in [5, 5.41) is 3.69. The largest absolute Gasteiger partial charge is 0.493 e. The molecule has 0 spiro atoms. The van der Waals surface area contributed by atoms with Gasteiger partial charge in [0, 0.05) is 18.6 Å². The summed E-state index contributed by atoms with van der Waals surface area (Å²) in [6, 6.07) is 6.81. The third kappa shape index (κ3) is 2.69. The molecule has 1 unspecified atom stereocenters. The molecule has 0 saturated heterocycles. The average Bonchev–Trinajstić information content (AvgIpc) is 3.14. The number of benzene rings is 1. The van der Waals surface area contributed by atoms with Gasteiger partial charge in [-0.3, -0.25) is 0 Å². The fraction of sp³-hybridized carbons (Fsp3) is 0.667. The van der Waals surface area contributed by atoms with Crippen LogP contribution in [-0.4, -0.2) is 25.4 Å². The van der Waals surface area contributed by atoms with Gasteiger partial charge in [-0.15, -0.1) is 0 Å². The van der Waals surface area contributed by atoms with Crippen LogP contribution in [0.3, 0.4) is 0 Å². The molecule has 0 amide bonds. The first-order valence-electron chi connectivity index (χ1n) is 8.42. The monoisotopic (exact) mass is 289 g/mol. The minimum atomic E-state index is -0.0637. The SMILES string of the molecule is CCNC(c1cccc2c1OCC2)C1(OCC)CCCC1. The van der Waals surface area contributed by atoms with E-state index in [-0.39, 0.29) is 11.6 Å². The Morgan fingerprint density at radius 2 is 2.10 bits per heavy atom. The topological polar surface area (TPSA) is 30.5 Å². The number of fused-ring (bicyclic) bond motifs is 1. The average molecular weight is 289 g/mol. The first kappa shape index (κ1) is 14.9. The molecule has 0 aromatic heterocycles. The molecule has 1 fully saturated rings. The van der Waals surface area contributed by atoms with Gasteiger partial charge in [0.25, 0.3) is 0 Å². The molecule has 3 heteroatoms. The molecule has 1 saturated carbocycles. The third-order valence-electron chi connectivity index (χ3n) is 4.87. The summed E-state index contributed by atoms with van der Waals surface area (Å²) >= 11 is 0. The van der Waals surface area contributed by atoms with Crippen LogP contribution in [0.25, 0.3) is 0 Å². The molecule has 1 N–H and O–H groups in total. The van der Waals surface area contributed by atoms with Crippen LogP contribution >= 0.6 is 0 Å². The fourth-order valence-corrected chi connectivity index (χ4v) is 4.03. The van der Waals surface area contributed by atoms with Gasteiger partial charge in [-0.05, 0) is 31.9 Å². The number of para-hydroxylation sites is 1. The van der Waals surface area contributed by atoms with Crippen LogP contribution in [0.5, 0.6) is 5.75 Å². The second-order valence-electron chi connectivity index (χ2n) is 6.13. The Hall–Kier alpha value is -1.06.